The maximum atomic E-state index is 13.8. The number of benzene rings is 2. The van der Waals surface area contributed by atoms with Crippen LogP contribution in [-0.4, -0.2) is 74.5 Å². The Bertz CT molecular complexity index is 785. The number of hydroxylamine groups is 6. The van der Waals surface area contributed by atoms with E-state index in [4.69, 9.17) is 0 Å². The van der Waals surface area contributed by atoms with Gasteiger partial charge in [0.05, 0.1) is 54.4 Å². The zero-order valence-corrected chi connectivity index (χ0v) is 21.0. The van der Waals surface area contributed by atoms with Crippen molar-refractivity contribution in [2.45, 2.75) is 38.0 Å². The SMILES string of the molecule is CCCCC(CC(=O)N(CC[N+](C)(C)[O-])CC[N+](C)(C)[O-])(c1ccccc1)c1ccccc1. The van der Waals surface area contributed by atoms with Crippen LogP contribution in [0.4, 0.5) is 0 Å². The number of carbonyl (C=O) groups is 1. The molecular formula is C27H41N3O3. The summed E-state index contributed by atoms with van der Waals surface area (Å²) >= 11 is 0. The number of quaternary nitrogens is 2. The van der Waals surface area contributed by atoms with Crippen molar-refractivity contribution >= 4 is 5.91 Å². The average Bonchev–Trinajstić information content (AvgIpc) is 2.76. The molecule has 0 fully saturated rings. The highest BCUT2D eigenvalue weighted by atomic mass is 16.5. The maximum absolute atomic E-state index is 13.8. The highest BCUT2D eigenvalue weighted by molar-refractivity contribution is 5.79. The van der Waals surface area contributed by atoms with Crippen molar-refractivity contribution in [3.63, 3.8) is 0 Å². The standard InChI is InChI=1S/C27H41N3O3/c1-6-7-18-27(24-14-10-8-11-15-24,25-16-12-9-13-17-25)23-26(31)28(19-21-29(2,3)32)20-22-30(4,5)33/h8-17H,6-7,18-23H2,1-5H3. The van der Waals surface area contributed by atoms with E-state index in [1.807, 2.05) is 36.4 Å². The molecule has 0 heterocycles. The van der Waals surface area contributed by atoms with Gasteiger partial charge in [-0.15, -0.1) is 0 Å². The molecule has 0 saturated heterocycles. The zero-order chi connectivity index (χ0) is 24.5. The van der Waals surface area contributed by atoms with Gasteiger partial charge in [-0.25, -0.2) is 0 Å². The smallest absolute Gasteiger partial charge is 0.224 e. The molecule has 0 radical (unpaired) electrons. The van der Waals surface area contributed by atoms with Crippen LogP contribution in [0.1, 0.15) is 43.7 Å². The van der Waals surface area contributed by atoms with Crippen LogP contribution in [0.15, 0.2) is 60.7 Å². The summed E-state index contributed by atoms with van der Waals surface area (Å²) in [4.78, 5) is 15.5. The van der Waals surface area contributed by atoms with Gasteiger partial charge in [-0.1, -0.05) is 80.4 Å². The van der Waals surface area contributed by atoms with Gasteiger partial charge in [0.15, 0.2) is 0 Å². The molecule has 2 rings (SSSR count). The summed E-state index contributed by atoms with van der Waals surface area (Å²) in [6.45, 7) is 3.41. The predicted molar refractivity (Wildman–Crippen MR) is 135 cm³/mol. The molecule has 2 aromatic carbocycles. The quantitative estimate of drug-likeness (QED) is 0.329. The van der Waals surface area contributed by atoms with Crippen LogP contribution in [0, 0.1) is 10.4 Å². The van der Waals surface area contributed by atoms with Crippen LogP contribution >= 0.6 is 0 Å². The molecule has 1 amide bonds. The molecule has 0 aliphatic rings. The first-order chi connectivity index (χ1) is 15.5. The second-order valence-corrected chi connectivity index (χ2v) is 10.1. The summed E-state index contributed by atoms with van der Waals surface area (Å²) in [5.41, 5.74) is 1.79. The summed E-state index contributed by atoms with van der Waals surface area (Å²) in [7, 11) is 6.32. The summed E-state index contributed by atoms with van der Waals surface area (Å²) in [6, 6.07) is 20.5. The third-order valence-electron chi connectivity index (χ3n) is 6.23. The lowest BCUT2D eigenvalue weighted by Gasteiger charge is -2.40. The lowest BCUT2D eigenvalue weighted by atomic mass is 9.68. The molecule has 6 nitrogen and oxygen atoms in total. The molecule has 0 unspecified atom stereocenters. The number of amides is 1. The van der Waals surface area contributed by atoms with Crippen molar-refractivity contribution in [1.29, 1.82) is 0 Å². The molecule has 33 heavy (non-hydrogen) atoms. The molecule has 0 spiro atoms. The van der Waals surface area contributed by atoms with Gasteiger partial charge in [-0.2, -0.15) is 0 Å². The van der Waals surface area contributed by atoms with Gasteiger partial charge in [0.25, 0.3) is 0 Å². The number of carbonyl (C=O) groups excluding carboxylic acids is 1. The molecule has 182 valence electrons. The van der Waals surface area contributed by atoms with Crippen molar-refractivity contribution < 1.29 is 14.1 Å². The van der Waals surface area contributed by atoms with E-state index >= 15 is 0 Å². The molecule has 0 atom stereocenters. The lowest BCUT2D eigenvalue weighted by molar-refractivity contribution is -0.842. The Morgan fingerprint density at radius 3 is 1.61 bits per heavy atom. The molecule has 0 aliphatic carbocycles. The van der Waals surface area contributed by atoms with Crippen molar-refractivity contribution in [1.82, 2.24) is 4.90 Å². The number of rotatable bonds is 13. The highest BCUT2D eigenvalue weighted by Crippen LogP contribution is 2.41. The van der Waals surface area contributed by atoms with E-state index in [-0.39, 0.29) is 19.0 Å². The minimum Gasteiger partial charge on any atom is -0.633 e. The monoisotopic (exact) mass is 455 g/mol. The van der Waals surface area contributed by atoms with Crippen molar-refractivity contribution in [2.75, 3.05) is 54.4 Å². The minimum atomic E-state index is -0.474. The Balaban J connectivity index is 2.45. The predicted octanol–water partition coefficient (Wildman–Crippen LogP) is 4.53. The molecular weight excluding hydrogens is 414 g/mol. The third kappa shape index (κ3) is 8.55. The summed E-state index contributed by atoms with van der Waals surface area (Å²) in [5, 5.41) is 24.5. The third-order valence-corrected chi connectivity index (χ3v) is 6.23. The van der Waals surface area contributed by atoms with E-state index in [1.54, 1.807) is 33.1 Å². The first-order valence-electron chi connectivity index (χ1n) is 11.9. The van der Waals surface area contributed by atoms with Crippen molar-refractivity contribution in [2.24, 2.45) is 0 Å². The largest absolute Gasteiger partial charge is 0.633 e. The Labute approximate surface area is 199 Å². The number of unbranched alkanes of at least 4 members (excludes halogenated alkanes) is 1. The molecule has 0 saturated carbocycles. The van der Waals surface area contributed by atoms with Gasteiger partial charge in [0, 0.05) is 11.8 Å². The number of likely N-dealkylation sites (N-methyl/N-ethyl adjacent to an activating group) is 2. The molecule has 0 N–H and O–H groups in total. The van der Waals surface area contributed by atoms with Gasteiger partial charge < -0.3 is 24.6 Å². The Kier molecular flexibility index (Phi) is 9.61. The normalized spacial score (nSPS) is 12.6. The van der Waals surface area contributed by atoms with Gasteiger partial charge >= 0.3 is 0 Å². The lowest BCUT2D eigenvalue weighted by Crippen LogP contribution is -2.48. The first-order valence-corrected chi connectivity index (χ1v) is 11.9. The Morgan fingerprint density at radius 1 is 0.818 bits per heavy atom. The molecule has 0 aromatic heterocycles. The summed E-state index contributed by atoms with van der Waals surface area (Å²) in [5.74, 6) is -0.0132. The Hall–Kier alpha value is -2.25. The van der Waals surface area contributed by atoms with E-state index in [0.717, 1.165) is 30.4 Å². The summed E-state index contributed by atoms with van der Waals surface area (Å²) < 4.78 is -0.949. The topological polar surface area (TPSA) is 66.4 Å². The van der Waals surface area contributed by atoms with Crippen molar-refractivity contribution in [3.05, 3.63) is 82.2 Å². The molecule has 0 aliphatic heterocycles. The van der Waals surface area contributed by atoms with E-state index < -0.39 is 14.7 Å². The maximum Gasteiger partial charge on any atom is 0.224 e. The van der Waals surface area contributed by atoms with E-state index in [2.05, 4.69) is 31.2 Å². The fourth-order valence-electron chi connectivity index (χ4n) is 4.20. The van der Waals surface area contributed by atoms with Crippen LogP contribution in [0.2, 0.25) is 0 Å². The van der Waals surface area contributed by atoms with Crippen LogP contribution in [0.25, 0.3) is 0 Å². The average molecular weight is 456 g/mol. The van der Waals surface area contributed by atoms with Crippen LogP contribution in [0.3, 0.4) is 0 Å². The van der Waals surface area contributed by atoms with Gasteiger partial charge in [0.1, 0.15) is 0 Å². The van der Waals surface area contributed by atoms with Crippen LogP contribution < -0.4 is 0 Å². The van der Waals surface area contributed by atoms with Crippen LogP contribution in [-0.2, 0) is 10.2 Å². The van der Waals surface area contributed by atoms with E-state index in [0.29, 0.717) is 19.5 Å². The first kappa shape index (κ1) is 27.0. The molecule has 0 bridgehead atoms. The van der Waals surface area contributed by atoms with Crippen LogP contribution in [0.5, 0.6) is 0 Å². The fourth-order valence-corrected chi connectivity index (χ4v) is 4.20. The van der Waals surface area contributed by atoms with Gasteiger partial charge in [-0.3, -0.25) is 4.79 Å². The number of hydrogen-bond donors (Lipinski definition) is 0. The van der Waals surface area contributed by atoms with Crippen molar-refractivity contribution in [3.8, 4) is 0 Å². The second-order valence-electron chi connectivity index (χ2n) is 10.1. The van der Waals surface area contributed by atoms with Gasteiger partial charge in [-0.05, 0) is 17.5 Å². The number of hydrogen-bond acceptors (Lipinski definition) is 3. The van der Waals surface area contributed by atoms with Gasteiger partial charge in [0.2, 0.25) is 5.91 Å². The minimum absolute atomic E-state index is 0.0132. The number of nitrogens with zero attached hydrogens (tertiary/aromatic N) is 3. The Morgan fingerprint density at radius 2 is 1.24 bits per heavy atom. The molecule has 2 aromatic rings. The van der Waals surface area contributed by atoms with E-state index in [1.165, 1.54) is 0 Å². The highest BCUT2D eigenvalue weighted by Gasteiger charge is 2.37. The molecule has 6 heteroatoms. The van der Waals surface area contributed by atoms with E-state index in [9.17, 15) is 15.2 Å². The fraction of sp³-hybridized carbons (Fsp3) is 0.519. The summed E-state index contributed by atoms with van der Waals surface area (Å²) in [6.07, 6.45) is 3.18. The zero-order valence-electron chi connectivity index (χ0n) is 21.0. The second kappa shape index (κ2) is 11.7.